The number of piperidine rings is 1. The second kappa shape index (κ2) is 10.9. The molecule has 0 spiro atoms. The summed E-state index contributed by atoms with van der Waals surface area (Å²) in [7, 11) is -3.26. The Morgan fingerprint density at radius 1 is 0.865 bits per heavy atom. The number of benzene rings is 3. The number of anilines is 1. The molecule has 1 atom stereocenters. The highest BCUT2D eigenvalue weighted by Gasteiger charge is 2.29. The van der Waals surface area contributed by atoms with E-state index in [1.54, 1.807) is 48.5 Å². The van der Waals surface area contributed by atoms with E-state index in [1.807, 2.05) is 23.1 Å². The number of amides is 2. The van der Waals surface area contributed by atoms with Crippen LogP contribution in [0.1, 0.15) is 53.1 Å². The van der Waals surface area contributed by atoms with Crippen LogP contribution < -0.4 is 5.32 Å². The molecule has 2 fully saturated rings. The smallest absolute Gasteiger partial charge is 0.253 e. The van der Waals surface area contributed by atoms with Crippen molar-refractivity contribution in [2.24, 2.45) is 5.92 Å². The van der Waals surface area contributed by atoms with Crippen LogP contribution in [0.25, 0.3) is 0 Å². The molecule has 3 aromatic rings. The van der Waals surface area contributed by atoms with E-state index < -0.39 is 9.84 Å². The summed E-state index contributed by atoms with van der Waals surface area (Å²) in [6.45, 7) is 1.46. The summed E-state index contributed by atoms with van der Waals surface area (Å²) in [6, 6.07) is 23.9. The van der Waals surface area contributed by atoms with E-state index in [4.69, 9.17) is 0 Å². The summed E-state index contributed by atoms with van der Waals surface area (Å²) < 4.78 is 24.8. The van der Waals surface area contributed by atoms with Crippen LogP contribution in [0.3, 0.4) is 0 Å². The third-order valence-corrected chi connectivity index (χ3v) is 9.10. The Kier molecular flexibility index (Phi) is 7.42. The lowest BCUT2D eigenvalue weighted by Gasteiger charge is -2.33. The minimum atomic E-state index is -3.26. The molecule has 1 heterocycles. The molecule has 5 rings (SSSR count). The number of hydrogen-bond donors (Lipinski definition) is 1. The molecule has 2 aliphatic rings. The predicted molar refractivity (Wildman–Crippen MR) is 144 cm³/mol. The van der Waals surface area contributed by atoms with E-state index in [2.05, 4.69) is 17.4 Å². The van der Waals surface area contributed by atoms with Crippen LogP contribution in [0.15, 0.2) is 83.8 Å². The highest BCUT2D eigenvalue weighted by atomic mass is 32.2. The summed E-state index contributed by atoms with van der Waals surface area (Å²) in [5, 5.41) is 2.86. The van der Waals surface area contributed by atoms with Gasteiger partial charge in [-0.15, -0.1) is 0 Å². The van der Waals surface area contributed by atoms with Crippen LogP contribution in [-0.2, 0) is 21.1 Å². The van der Waals surface area contributed by atoms with Crippen LogP contribution in [0, 0.1) is 5.92 Å². The standard InChI is InChI=1S/C30H32N2O4S/c33-29(19-22-10-16-28(17-11-22)37(35,36)21-23-8-9-23)31-27-14-12-25(13-15-27)30(34)32-18-4-7-26(20-32)24-5-2-1-3-6-24/h1-3,5-6,10-17,23,26H,4,7-9,18-21H2,(H,31,33). The van der Waals surface area contributed by atoms with Gasteiger partial charge in [0.15, 0.2) is 9.84 Å². The molecular weight excluding hydrogens is 484 g/mol. The molecule has 1 N–H and O–H groups in total. The Morgan fingerprint density at radius 2 is 1.57 bits per heavy atom. The quantitative estimate of drug-likeness (QED) is 0.453. The van der Waals surface area contributed by atoms with Gasteiger partial charge in [-0.05, 0) is 79.1 Å². The molecule has 37 heavy (non-hydrogen) atoms. The maximum atomic E-state index is 13.1. The van der Waals surface area contributed by atoms with E-state index in [1.165, 1.54) is 5.56 Å². The van der Waals surface area contributed by atoms with Gasteiger partial charge in [0.1, 0.15) is 0 Å². The molecule has 0 bridgehead atoms. The van der Waals surface area contributed by atoms with Gasteiger partial charge >= 0.3 is 0 Å². The number of nitrogens with one attached hydrogen (secondary N) is 1. The molecule has 0 aromatic heterocycles. The summed E-state index contributed by atoms with van der Waals surface area (Å²) in [6.07, 6.45) is 4.17. The number of nitrogens with zero attached hydrogens (tertiary/aromatic N) is 1. The highest BCUT2D eigenvalue weighted by molar-refractivity contribution is 7.91. The zero-order valence-corrected chi connectivity index (χ0v) is 21.6. The normalized spacial score (nSPS) is 17.8. The first kappa shape index (κ1) is 25.2. The summed E-state index contributed by atoms with van der Waals surface area (Å²) in [5.41, 5.74) is 3.24. The zero-order chi connectivity index (χ0) is 25.8. The molecule has 0 radical (unpaired) electrons. The largest absolute Gasteiger partial charge is 0.338 e. The van der Waals surface area contributed by atoms with E-state index in [0.717, 1.165) is 37.8 Å². The van der Waals surface area contributed by atoms with Crippen molar-refractivity contribution in [3.8, 4) is 0 Å². The average molecular weight is 517 g/mol. The monoisotopic (exact) mass is 516 g/mol. The first-order chi connectivity index (χ1) is 17.9. The third kappa shape index (κ3) is 6.46. The van der Waals surface area contributed by atoms with Gasteiger partial charge in [-0.2, -0.15) is 0 Å². The van der Waals surface area contributed by atoms with E-state index in [0.29, 0.717) is 34.5 Å². The lowest BCUT2D eigenvalue weighted by molar-refractivity contribution is -0.115. The minimum absolute atomic E-state index is 0.00948. The molecular formula is C30H32N2O4S. The second-order valence-corrected chi connectivity index (χ2v) is 12.2. The Balaban J connectivity index is 1.15. The Hall–Kier alpha value is -3.45. The fraction of sp³-hybridized carbons (Fsp3) is 0.333. The van der Waals surface area contributed by atoms with Gasteiger partial charge in [-0.3, -0.25) is 9.59 Å². The Bertz CT molecular complexity index is 1350. The van der Waals surface area contributed by atoms with Crippen molar-refractivity contribution in [2.45, 2.75) is 42.9 Å². The molecule has 192 valence electrons. The van der Waals surface area contributed by atoms with E-state index in [-0.39, 0.29) is 24.0 Å². The Labute approximate surface area is 218 Å². The number of sulfone groups is 1. The summed E-state index contributed by atoms with van der Waals surface area (Å²) in [5.74, 6) is 0.661. The molecule has 1 aliphatic carbocycles. The van der Waals surface area contributed by atoms with Gasteiger partial charge in [0, 0.05) is 30.3 Å². The van der Waals surface area contributed by atoms with Crippen molar-refractivity contribution in [1.82, 2.24) is 4.90 Å². The van der Waals surface area contributed by atoms with Crippen molar-refractivity contribution in [2.75, 3.05) is 24.2 Å². The predicted octanol–water partition coefficient (Wildman–Crippen LogP) is 5.07. The molecule has 7 heteroatoms. The summed E-state index contributed by atoms with van der Waals surface area (Å²) in [4.78, 5) is 27.9. The third-order valence-electron chi connectivity index (χ3n) is 7.19. The molecule has 1 saturated carbocycles. The first-order valence-corrected chi connectivity index (χ1v) is 14.6. The van der Waals surface area contributed by atoms with Crippen molar-refractivity contribution in [3.05, 3.63) is 95.6 Å². The lowest BCUT2D eigenvalue weighted by atomic mass is 9.90. The van der Waals surface area contributed by atoms with Crippen molar-refractivity contribution >= 4 is 27.3 Å². The van der Waals surface area contributed by atoms with Crippen molar-refractivity contribution in [3.63, 3.8) is 0 Å². The van der Waals surface area contributed by atoms with Gasteiger partial charge in [0.2, 0.25) is 5.91 Å². The summed E-state index contributed by atoms with van der Waals surface area (Å²) >= 11 is 0. The number of likely N-dealkylation sites (tertiary alicyclic amines) is 1. The maximum absolute atomic E-state index is 13.1. The minimum Gasteiger partial charge on any atom is -0.338 e. The van der Waals surface area contributed by atoms with Gasteiger partial charge in [0.25, 0.3) is 5.91 Å². The maximum Gasteiger partial charge on any atom is 0.253 e. The lowest BCUT2D eigenvalue weighted by Crippen LogP contribution is -2.39. The van der Waals surface area contributed by atoms with Gasteiger partial charge < -0.3 is 10.2 Å². The van der Waals surface area contributed by atoms with E-state index >= 15 is 0 Å². The molecule has 3 aromatic carbocycles. The van der Waals surface area contributed by atoms with Crippen molar-refractivity contribution in [1.29, 1.82) is 0 Å². The fourth-order valence-electron chi connectivity index (χ4n) is 4.93. The highest BCUT2D eigenvalue weighted by Crippen LogP contribution is 2.32. The average Bonchev–Trinajstić information content (AvgIpc) is 3.73. The molecule has 1 saturated heterocycles. The van der Waals surface area contributed by atoms with Crippen LogP contribution in [0.2, 0.25) is 0 Å². The molecule has 2 amide bonds. The Morgan fingerprint density at radius 3 is 2.24 bits per heavy atom. The van der Waals surface area contributed by atoms with Gasteiger partial charge in [0.05, 0.1) is 17.1 Å². The van der Waals surface area contributed by atoms with Crippen LogP contribution >= 0.6 is 0 Å². The number of carbonyl (C=O) groups excluding carboxylic acids is 2. The zero-order valence-electron chi connectivity index (χ0n) is 20.8. The van der Waals surface area contributed by atoms with Crippen LogP contribution in [-0.4, -0.2) is 44.0 Å². The molecule has 6 nitrogen and oxygen atoms in total. The van der Waals surface area contributed by atoms with E-state index in [9.17, 15) is 18.0 Å². The first-order valence-electron chi connectivity index (χ1n) is 12.9. The topological polar surface area (TPSA) is 83.5 Å². The van der Waals surface area contributed by atoms with Crippen molar-refractivity contribution < 1.29 is 18.0 Å². The SMILES string of the molecule is O=C(Cc1ccc(S(=O)(=O)CC2CC2)cc1)Nc1ccc(C(=O)N2CCCC(c3ccccc3)C2)cc1. The van der Waals surface area contributed by atoms with Gasteiger partial charge in [-0.1, -0.05) is 42.5 Å². The van der Waals surface area contributed by atoms with Crippen LogP contribution in [0.5, 0.6) is 0 Å². The number of rotatable bonds is 8. The van der Waals surface area contributed by atoms with Crippen LogP contribution in [0.4, 0.5) is 5.69 Å². The number of carbonyl (C=O) groups is 2. The van der Waals surface area contributed by atoms with Gasteiger partial charge in [-0.25, -0.2) is 8.42 Å². The molecule has 1 unspecified atom stereocenters. The molecule has 1 aliphatic heterocycles. The number of hydrogen-bond acceptors (Lipinski definition) is 4. The second-order valence-electron chi connectivity index (χ2n) is 10.2. The fourth-order valence-corrected chi connectivity index (χ4v) is 6.63.